The zero-order valence-electron chi connectivity index (χ0n) is 12.6. The molecule has 0 bridgehead atoms. The van der Waals surface area contributed by atoms with Gasteiger partial charge < -0.3 is 19.7 Å². The Morgan fingerprint density at radius 2 is 1.95 bits per heavy atom. The number of hydrogen-bond donors (Lipinski definition) is 1. The molecule has 1 aliphatic rings. The van der Waals surface area contributed by atoms with E-state index in [0.29, 0.717) is 31.1 Å². The van der Waals surface area contributed by atoms with Crippen LogP contribution in [-0.4, -0.2) is 53.9 Å². The molecule has 7 nitrogen and oxygen atoms in total. The van der Waals surface area contributed by atoms with Crippen molar-refractivity contribution in [3.05, 3.63) is 0 Å². The number of hydrogen-bond acceptors (Lipinski definition) is 7. The summed E-state index contributed by atoms with van der Waals surface area (Å²) in [6.07, 6.45) is 0.875. The predicted molar refractivity (Wildman–Crippen MR) is 77.4 cm³/mol. The molecule has 1 aromatic heterocycles. The minimum absolute atomic E-state index is 0.297. The second kappa shape index (κ2) is 6.21. The second-order valence-corrected chi connectivity index (χ2v) is 5.31. The molecule has 7 heteroatoms. The number of anilines is 2. The molecule has 0 amide bonds. The Morgan fingerprint density at radius 1 is 1.25 bits per heavy atom. The summed E-state index contributed by atoms with van der Waals surface area (Å²) in [5.41, 5.74) is -0.297. The monoisotopic (exact) mass is 281 g/mol. The molecule has 0 atom stereocenters. The van der Waals surface area contributed by atoms with Crippen molar-refractivity contribution < 1.29 is 9.47 Å². The molecular weight excluding hydrogens is 258 g/mol. The van der Waals surface area contributed by atoms with Crippen molar-refractivity contribution in [3.8, 4) is 6.01 Å². The zero-order valence-corrected chi connectivity index (χ0v) is 12.6. The molecule has 0 aromatic carbocycles. The lowest BCUT2D eigenvalue weighted by Gasteiger charge is -2.28. The summed E-state index contributed by atoms with van der Waals surface area (Å²) in [6.45, 7) is 9.06. The SMILES string of the molecule is CCC(C)(C)Oc1nc(NC)nc(N2CCOCC2)n1. The molecule has 1 aromatic rings. The molecular formula is C13H23N5O2. The quantitative estimate of drug-likeness (QED) is 0.872. The maximum Gasteiger partial charge on any atom is 0.323 e. The molecule has 2 rings (SSSR count). The van der Waals surface area contributed by atoms with Crippen LogP contribution in [0.3, 0.4) is 0 Å². The first-order chi connectivity index (χ1) is 9.54. The minimum Gasteiger partial charge on any atom is -0.457 e. The smallest absolute Gasteiger partial charge is 0.323 e. The van der Waals surface area contributed by atoms with Gasteiger partial charge in [-0.05, 0) is 20.3 Å². The van der Waals surface area contributed by atoms with Crippen LogP contribution in [0.2, 0.25) is 0 Å². The normalized spacial score (nSPS) is 16.1. The third kappa shape index (κ3) is 3.69. The molecule has 112 valence electrons. The molecule has 2 heterocycles. The molecule has 1 N–H and O–H groups in total. The number of nitrogens with zero attached hydrogens (tertiary/aromatic N) is 4. The summed E-state index contributed by atoms with van der Waals surface area (Å²) in [6, 6.07) is 0.359. The van der Waals surface area contributed by atoms with E-state index in [1.165, 1.54) is 0 Å². The molecule has 0 unspecified atom stereocenters. The third-order valence-corrected chi connectivity index (χ3v) is 3.34. The highest BCUT2D eigenvalue weighted by Gasteiger charge is 2.22. The van der Waals surface area contributed by atoms with Crippen LogP contribution in [0.5, 0.6) is 6.01 Å². The highest BCUT2D eigenvalue weighted by molar-refractivity contribution is 5.38. The van der Waals surface area contributed by atoms with E-state index in [4.69, 9.17) is 9.47 Å². The van der Waals surface area contributed by atoms with Gasteiger partial charge in [-0.3, -0.25) is 0 Å². The lowest BCUT2D eigenvalue weighted by Crippen LogP contribution is -2.38. The van der Waals surface area contributed by atoms with E-state index < -0.39 is 0 Å². The van der Waals surface area contributed by atoms with Crippen LogP contribution in [0.25, 0.3) is 0 Å². The van der Waals surface area contributed by atoms with Gasteiger partial charge in [0.15, 0.2) is 0 Å². The van der Waals surface area contributed by atoms with Crippen LogP contribution in [0.1, 0.15) is 27.2 Å². The maximum atomic E-state index is 5.86. The van der Waals surface area contributed by atoms with Crippen LogP contribution in [0, 0.1) is 0 Å². The van der Waals surface area contributed by atoms with Gasteiger partial charge in [0.05, 0.1) is 13.2 Å². The summed E-state index contributed by atoms with van der Waals surface area (Å²) in [7, 11) is 1.78. The Kier molecular flexibility index (Phi) is 4.59. The lowest BCUT2D eigenvalue weighted by molar-refractivity contribution is 0.0919. The van der Waals surface area contributed by atoms with Crippen LogP contribution >= 0.6 is 0 Å². The number of aromatic nitrogens is 3. The Morgan fingerprint density at radius 3 is 2.55 bits per heavy atom. The fourth-order valence-corrected chi connectivity index (χ4v) is 1.73. The van der Waals surface area contributed by atoms with Crippen LogP contribution in [0.4, 0.5) is 11.9 Å². The minimum atomic E-state index is -0.297. The Bertz CT molecular complexity index is 446. The van der Waals surface area contributed by atoms with Gasteiger partial charge in [-0.15, -0.1) is 0 Å². The first kappa shape index (κ1) is 14.8. The first-order valence-electron chi connectivity index (χ1n) is 6.99. The van der Waals surface area contributed by atoms with E-state index in [1.807, 2.05) is 13.8 Å². The van der Waals surface area contributed by atoms with Crippen molar-refractivity contribution in [1.29, 1.82) is 0 Å². The molecule has 1 aliphatic heterocycles. The zero-order chi connectivity index (χ0) is 14.6. The average Bonchev–Trinajstić information content (AvgIpc) is 2.47. The summed E-state index contributed by atoms with van der Waals surface area (Å²) in [4.78, 5) is 15.2. The van der Waals surface area contributed by atoms with E-state index >= 15 is 0 Å². The van der Waals surface area contributed by atoms with Crippen molar-refractivity contribution in [2.24, 2.45) is 0 Å². The van der Waals surface area contributed by atoms with E-state index in [-0.39, 0.29) is 5.60 Å². The topological polar surface area (TPSA) is 72.4 Å². The van der Waals surface area contributed by atoms with Gasteiger partial charge in [0.2, 0.25) is 11.9 Å². The van der Waals surface area contributed by atoms with Gasteiger partial charge in [-0.25, -0.2) is 0 Å². The predicted octanol–water partition coefficient (Wildman–Crippen LogP) is 1.32. The van der Waals surface area contributed by atoms with E-state index in [1.54, 1.807) is 7.05 Å². The Hall–Kier alpha value is -1.63. The van der Waals surface area contributed by atoms with Gasteiger partial charge in [0.1, 0.15) is 5.60 Å². The summed E-state index contributed by atoms with van der Waals surface area (Å²) in [5, 5.41) is 2.95. The molecule has 0 saturated carbocycles. The highest BCUT2D eigenvalue weighted by Crippen LogP contribution is 2.21. The largest absolute Gasteiger partial charge is 0.457 e. The Labute approximate surface area is 119 Å². The second-order valence-electron chi connectivity index (χ2n) is 5.31. The van der Waals surface area contributed by atoms with Crippen LogP contribution in [-0.2, 0) is 4.74 Å². The standard InChI is InChI=1S/C13H23N5O2/c1-5-13(2,3)20-12-16-10(14-4)15-11(17-12)18-6-8-19-9-7-18/h5-9H2,1-4H3,(H,14,15,16,17). The number of ether oxygens (including phenoxy) is 2. The summed E-state index contributed by atoms with van der Waals surface area (Å²) >= 11 is 0. The maximum absolute atomic E-state index is 5.86. The molecule has 0 spiro atoms. The van der Waals surface area contributed by atoms with Gasteiger partial charge >= 0.3 is 6.01 Å². The van der Waals surface area contributed by atoms with Crippen molar-refractivity contribution in [3.63, 3.8) is 0 Å². The van der Waals surface area contributed by atoms with Crippen LogP contribution in [0.15, 0.2) is 0 Å². The number of morpholine rings is 1. The third-order valence-electron chi connectivity index (χ3n) is 3.34. The number of rotatable bonds is 5. The Balaban J connectivity index is 2.23. The molecule has 20 heavy (non-hydrogen) atoms. The van der Waals surface area contributed by atoms with Gasteiger partial charge in [-0.1, -0.05) is 6.92 Å². The van der Waals surface area contributed by atoms with Crippen molar-refractivity contribution in [2.75, 3.05) is 43.6 Å². The van der Waals surface area contributed by atoms with Crippen molar-refractivity contribution >= 4 is 11.9 Å². The first-order valence-corrected chi connectivity index (χ1v) is 6.99. The van der Waals surface area contributed by atoms with Crippen molar-refractivity contribution in [2.45, 2.75) is 32.8 Å². The molecule has 1 saturated heterocycles. The van der Waals surface area contributed by atoms with E-state index in [2.05, 4.69) is 32.1 Å². The average molecular weight is 281 g/mol. The molecule has 1 fully saturated rings. The fraction of sp³-hybridized carbons (Fsp3) is 0.769. The van der Waals surface area contributed by atoms with Crippen LogP contribution < -0.4 is 15.0 Å². The summed E-state index contributed by atoms with van der Waals surface area (Å²) < 4.78 is 11.2. The molecule has 0 aliphatic carbocycles. The van der Waals surface area contributed by atoms with E-state index in [0.717, 1.165) is 19.5 Å². The van der Waals surface area contributed by atoms with Gasteiger partial charge in [-0.2, -0.15) is 15.0 Å². The van der Waals surface area contributed by atoms with Gasteiger partial charge in [0.25, 0.3) is 0 Å². The lowest BCUT2D eigenvalue weighted by atomic mass is 10.1. The highest BCUT2D eigenvalue weighted by atomic mass is 16.5. The fourth-order valence-electron chi connectivity index (χ4n) is 1.73. The van der Waals surface area contributed by atoms with Crippen molar-refractivity contribution in [1.82, 2.24) is 15.0 Å². The van der Waals surface area contributed by atoms with Gasteiger partial charge in [0, 0.05) is 20.1 Å². The van der Waals surface area contributed by atoms with E-state index in [9.17, 15) is 0 Å². The molecule has 0 radical (unpaired) electrons. The summed E-state index contributed by atoms with van der Waals surface area (Å²) in [5.74, 6) is 1.15. The number of nitrogens with one attached hydrogen (secondary N) is 1.